The second kappa shape index (κ2) is 8.17. The maximum Gasteiger partial charge on any atom is 0.277 e. The van der Waals surface area contributed by atoms with Crippen molar-refractivity contribution >= 4 is 39.3 Å². The number of aromatic nitrogens is 2. The predicted molar refractivity (Wildman–Crippen MR) is 99.8 cm³/mol. The lowest BCUT2D eigenvalue weighted by atomic mass is 10.2. The number of thioether (sulfide) groups is 1. The van der Waals surface area contributed by atoms with Gasteiger partial charge in [-0.05, 0) is 52.3 Å². The zero-order valence-corrected chi connectivity index (χ0v) is 15.6. The summed E-state index contributed by atoms with van der Waals surface area (Å²) in [6.45, 7) is 0. The van der Waals surface area contributed by atoms with E-state index >= 15 is 0 Å². The van der Waals surface area contributed by atoms with Crippen LogP contribution in [0.15, 0.2) is 62.6 Å². The number of nitrogens with one attached hydrogen (secondary N) is 1. The molecule has 8 heteroatoms. The fraction of sp³-hybridized carbons (Fsp3) is 0.118. The number of benzene rings is 2. The van der Waals surface area contributed by atoms with Crippen molar-refractivity contribution in [1.82, 2.24) is 10.2 Å². The Labute approximate surface area is 157 Å². The molecule has 0 saturated carbocycles. The van der Waals surface area contributed by atoms with Gasteiger partial charge in [0, 0.05) is 10.2 Å². The van der Waals surface area contributed by atoms with E-state index in [0.29, 0.717) is 16.8 Å². The fourth-order valence-electron chi connectivity index (χ4n) is 2.01. The van der Waals surface area contributed by atoms with Crippen LogP contribution < -0.4 is 10.1 Å². The maximum absolute atomic E-state index is 12.0. The van der Waals surface area contributed by atoms with Gasteiger partial charge in [0.1, 0.15) is 5.75 Å². The number of amides is 1. The number of hydrogen-bond donors (Lipinski definition) is 1. The van der Waals surface area contributed by atoms with Crippen molar-refractivity contribution < 1.29 is 13.9 Å². The average Bonchev–Trinajstić information content (AvgIpc) is 3.10. The van der Waals surface area contributed by atoms with Crippen LogP contribution in [0.4, 0.5) is 5.69 Å². The van der Waals surface area contributed by atoms with Crippen molar-refractivity contribution in [2.75, 3.05) is 18.2 Å². The summed E-state index contributed by atoms with van der Waals surface area (Å²) in [4.78, 5) is 12.0. The molecule has 0 fully saturated rings. The molecule has 2 aromatic carbocycles. The van der Waals surface area contributed by atoms with Crippen LogP contribution >= 0.6 is 27.7 Å². The second-order valence-electron chi connectivity index (χ2n) is 4.92. The van der Waals surface area contributed by atoms with E-state index in [1.54, 1.807) is 31.4 Å². The van der Waals surface area contributed by atoms with Crippen molar-refractivity contribution in [3.8, 4) is 17.2 Å². The van der Waals surface area contributed by atoms with Crippen molar-refractivity contribution in [3.63, 3.8) is 0 Å². The summed E-state index contributed by atoms with van der Waals surface area (Å²) in [5.74, 6) is 1.16. The van der Waals surface area contributed by atoms with Crippen LogP contribution in [0, 0.1) is 0 Å². The summed E-state index contributed by atoms with van der Waals surface area (Å²) in [5.41, 5.74) is 1.51. The highest BCUT2D eigenvalue weighted by Gasteiger charge is 2.13. The highest BCUT2D eigenvalue weighted by Crippen LogP contribution is 2.29. The number of anilines is 1. The molecular weight excluding hydrogens is 406 g/mol. The third kappa shape index (κ3) is 4.61. The van der Waals surface area contributed by atoms with E-state index < -0.39 is 0 Å². The third-order valence-corrected chi connectivity index (χ3v) is 4.72. The molecule has 0 aliphatic carbocycles. The van der Waals surface area contributed by atoms with Crippen LogP contribution in [0.3, 0.4) is 0 Å². The molecule has 0 bridgehead atoms. The Balaban J connectivity index is 1.56. The first kappa shape index (κ1) is 17.5. The molecule has 1 N–H and O–H groups in total. The van der Waals surface area contributed by atoms with Gasteiger partial charge in [0.15, 0.2) is 0 Å². The smallest absolute Gasteiger partial charge is 0.277 e. The predicted octanol–water partition coefficient (Wildman–Crippen LogP) is 4.24. The van der Waals surface area contributed by atoms with Crippen molar-refractivity contribution in [3.05, 3.63) is 53.0 Å². The quantitative estimate of drug-likeness (QED) is 0.602. The molecule has 0 atom stereocenters. The van der Waals surface area contributed by atoms with E-state index in [9.17, 15) is 4.79 Å². The van der Waals surface area contributed by atoms with E-state index in [4.69, 9.17) is 9.15 Å². The molecule has 1 heterocycles. The van der Waals surface area contributed by atoms with Crippen LogP contribution in [0.1, 0.15) is 0 Å². The summed E-state index contributed by atoms with van der Waals surface area (Å²) in [7, 11) is 1.59. The number of carbonyl (C=O) groups is 1. The van der Waals surface area contributed by atoms with E-state index in [-0.39, 0.29) is 11.7 Å². The Hall–Kier alpha value is -2.32. The lowest BCUT2D eigenvalue weighted by Gasteiger charge is -2.05. The average molecular weight is 420 g/mol. The molecule has 25 heavy (non-hydrogen) atoms. The minimum Gasteiger partial charge on any atom is -0.497 e. The van der Waals surface area contributed by atoms with E-state index in [2.05, 4.69) is 31.4 Å². The first-order valence-corrected chi connectivity index (χ1v) is 9.08. The number of carbonyl (C=O) groups excluding carboxylic acids is 1. The van der Waals surface area contributed by atoms with Crippen molar-refractivity contribution in [1.29, 1.82) is 0 Å². The lowest BCUT2D eigenvalue weighted by molar-refractivity contribution is -0.113. The summed E-state index contributed by atoms with van der Waals surface area (Å²) < 4.78 is 11.5. The monoisotopic (exact) mass is 419 g/mol. The zero-order chi connectivity index (χ0) is 17.6. The second-order valence-corrected chi connectivity index (χ2v) is 6.70. The third-order valence-electron chi connectivity index (χ3n) is 3.21. The lowest BCUT2D eigenvalue weighted by Crippen LogP contribution is -2.13. The van der Waals surface area contributed by atoms with Gasteiger partial charge < -0.3 is 14.5 Å². The molecular formula is C17H14BrN3O3S. The number of hydrogen-bond acceptors (Lipinski definition) is 6. The van der Waals surface area contributed by atoms with Crippen LogP contribution in [0.2, 0.25) is 0 Å². The molecule has 0 spiro atoms. The Kier molecular flexibility index (Phi) is 5.72. The number of ether oxygens (including phenoxy) is 1. The Morgan fingerprint density at radius 1 is 1.20 bits per heavy atom. The zero-order valence-electron chi connectivity index (χ0n) is 13.2. The van der Waals surface area contributed by atoms with Crippen LogP contribution in [-0.4, -0.2) is 29.0 Å². The van der Waals surface area contributed by atoms with Gasteiger partial charge in [-0.1, -0.05) is 23.9 Å². The van der Waals surface area contributed by atoms with Gasteiger partial charge in [0.25, 0.3) is 5.22 Å². The number of rotatable bonds is 6. The normalized spacial score (nSPS) is 10.5. The largest absolute Gasteiger partial charge is 0.497 e. The summed E-state index contributed by atoms with van der Waals surface area (Å²) in [5, 5.41) is 11.1. The maximum atomic E-state index is 12.0. The molecule has 0 saturated heterocycles. The molecule has 3 aromatic rings. The highest BCUT2D eigenvalue weighted by molar-refractivity contribution is 9.10. The molecule has 3 rings (SSSR count). The van der Waals surface area contributed by atoms with Crippen molar-refractivity contribution in [2.24, 2.45) is 0 Å². The van der Waals surface area contributed by atoms with Gasteiger partial charge in [-0.3, -0.25) is 4.79 Å². The highest BCUT2D eigenvalue weighted by atomic mass is 79.9. The van der Waals surface area contributed by atoms with E-state index in [1.807, 2.05) is 24.3 Å². The fourth-order valence-corrected chi connectivity index (χ4v) is 3.03. The van der Waals surface area contributed by atoms with Gasteiger partial charge in [0.2, 0.25) is 11.8 Å². The molecule has 0 radical (unpaired) electrons. The van der Waals surface area contributed by atoms with Crippen molar-refractivity contribution in [2.45, 2.75) is 5.22 Å². The van der Waals surface area contributed by atoms with Gasteiger partial charge in [-0.2, -0.15) is 0 Å². The van der Waals surface area contributed by atoms with Crippen LogP contribution in [0.5, 0.6) is 5.75 Å². The van der Waals surface area contributed by atoms with E-state index in [1.165, 1.54) is 11.8 Å². The molecule has 0 unspecified atom stereocenters. The Morgan fingerprint density at radius 2 is 1.96 bits per heavy atom. The minimum absolute atomic E-state index is 0.157. The van der Waals surface area contributed by atoms with Crippen LogP contribution in [-0.2, 0) is 4.79 Å². The number of halogens is 1. The minimum atomic E-state index is -0.157. The van der Waals surface area contributed by atoms with Gasteiger partial charge in [-0.25, -0.2) is 0 Å². The summed E-state index contributed by atoms with van der Waals surface area (Å²) in [6, 6.07) is 14.7. The topological polar surface area (TPSA) is 77.2 Å². The molecule has 0 aliphatic rings. The molecule has 0 aliphatic heterocycles. The molecule has 1 aromatic heterocycles. The van der Waals surface area contributed by atoms with Gasteiger partial charge >= 0.3 is 0 Å². The summed E-state index contributed by atoms with van der Waals surface area (Å²) in [6.07, 6.45) is 0. The van der Waals surface area contributed by atoms with E-state index in [0.717, 1.165) is 15.8 Å². The first-order chi connectivity index (χ1) is 12.2. The Bertz CT molecular complexity index is 868. The molecule has 1 amide bonds. The standard InChI is InChI=1S/C17H14BrN3O3S/c1-23-12-8-6-11(7-9-12)19-15(22)10-25-17-21-20-16(24-17)13-4-2-3-5-14(13)18/h2-9H,10H2,1H3,(H,19,22). The number of methoxy groups -OCH3 is 1. The van der Waals surface area contributed by atoms with Gasteiger partial charge in [-0.15, -0.1) is 10.2 Å². The molecule has 128 valence electrons. The molecule has 6 nitrogen and oxygen atoms in total. The first-order valence-electron chi connectivity index (χ1n) is 7.31. The Morgan fingerprint density at radius 3 is 2.68 bits per heavy atom. The SMILES string of the molecule is COc1ccc(NC(=O)CSc2nnc(-c3ccccc3Br)o2)cc1. The van der Waals surface area contributed by atoms with Crippen LogP contribution in [0.25, 0.3) is 11.5 Å². The summed E-state index contributed by atoms with van der Waals surface area (Å²) >= 11 is 4.63. The number of nitrogens with zero attached hydrogens (tertiary/aromatic N) is 2. The van der Waals surface area contributed by atoms with Gasteiger partial charge in [0.05, 0.1) is 18.4 Å².